The second-order valence-corrected chi connectivity index (χ2v) is 3.66. The fourth-order valence-electron chi connectivity index (χ4n) is 1.73. The van der Waals surface area contributed by atoms with E-state index in [9.17, 15) is 0 Å². The third-order valence-corrected chi connectivity index (χ3v) is 2.53. The van der Waals surface area contributed by atoms with Crippen molar-refractivity contribution >= 4 is 22.1 Å². The van der Waals surface area contributed by atoms with Crippen LogP contribution in [0.2, 0.25) is 0 Å². The van der Waals surface area contributed by atoms with Gasteiger partial charge in [0.2, 0.25) is 0 Å². The average molecular weight is 209 g/mol. The van der Waals surface area contributed by atoms with Crippen LogP contribution in [0.3, 0.4) is 0 Å². The smallest absolute Gasteiger partial charge is 0.0561 e. The van der Waals surface area contributed by atoms with Gasteiger partial charge in [0.25, 0.3) is 0 Å². The minimum Gasteiger partial charge on any atom is -0.366 e. The van der Waals surface area contributed by atoms with Crippen molar-refractivity contribution in [3.05, 3.63) is 55.1 Å². The summed E-state index contributed by atoms with van der Waals surface area (Å²) >= 11 is 0. The lowest BCUT2D eigenvalue weighted by atomic mass is 10.1. The number of nitrogens with one attached hydrogen (secondary N) is 2. The number of hydrogen-bond acceptors (Lipinski definition) is 2. The zero-order chi connectivity index (χ0) is 10.8. The number of anilines is 2. The molecule has 2 aromatic heterocycles. The van der Waals surface area contributed by atoms with Crippen LogP contribution in [0.1, 0.15) is 0 Å². The van der Waals surface area contributed by atoms with Gasteiger partial charge in [-0.1, -0.05) is 6.07 Å². The number of aromatic amines is 1. The highest BCUT2D eigenvalue weighted by atomic mass is 14.9. The van der Waals surface area contributed by atoms with Gasteiger partial charge in [-0.2, -0.15) is 0 Å². The summed E-state index contributed by atoms with van der Waals surface area (Å²) < 4.78 is 0. The van der Waals surface area contributed by atoms with Crippen LogP contribution in [0.4, 0.5) is 11.4 Å². The highest BCUT2D eigenvalue weighted by Crippen LogP contribution is 2.21. The van der Waals surface area contributed by atoms with Gasteiger partial charge in [0.15, 0.2) is 0 Å². The fraction of sp³-hybridized carbons (Fsp3) is 0. The van der Waals surface area contributed by atoms with E-state index in [1.165, 1.54) is 5.39 Å². The van der Waals surface area contributed by atoms with Gasteiger partial charge in [-0.25, -0.2) is 0 Å². The first-order chi connectivity index (χ1) is 7.92. The molecule has 0 radical (unpaired) electrons. The molecule has 3 rings (SSSR count). The molecular weight excluding hydrogens is 198 g/mol. The maximum absolute atomic E-state index is 4.09. The third kappa shape index (κ3) is 1.63. The van der Waals surface area contributed by atoms with Gasteiger partial charge in [-0.15, -0.1) is 0 Å². The standard InChI is InChI=1S/C13H11N3/c1-2-12(16-13-4-6-15-9-13)7-10-3-5-14-8-11(1)10/h1-9,15-16H. The molecule has 0 aliphatic heterocycles. The molecule has 0 saturated heterocycles. The van der Waals surface area contributed by atoms with Crippen molar-refractivity contribution in [1.29, 1.82) is 0 Å². The Morgan fingerprint density at radius 1 is 1.00 bits per heavy atom. The van der Waals surface area contributed by atoms with Crippen LogP contribution < -0.4 is 5.32 Å². The molecule has 3 aromatic rings. The molecule has 3 nitrogen and oxygen atoms in total. The minimum absolute atomic E-state index is 1.06. The van der Waals surface area contributed by atoms with E-state index in [1.807, 2.05) is 36.9 Å². The second kappa shape index (κ2) is 3.70. The molecule has 2 heterocycles. The van der Waals surface area contributed by atoms with Crippen molar-refractivity contribution < 1.29 is 0 Å². The fourth-order valence-corrected chi connectivity index (χ4v) is 1.73. The Labute approximate surface area is 93.1 Å². The Kier molecular flexibility index (Phi) is 2.07. The van der Waals surface area contributed by atoms with Crippen LogP contribution in [-0.4, -0.2) is 9.97 Å². The Morgan fingerprint density at radius 3 is 2.88 bits per heavy atom. The maximum atomic E-state index is 4.09. The SMILES string of the molecule is c1cc2cc(Nc3cc[nH]c3)ccc2cn1. The Bertz CT molecular complexity index is 599. The summed E-state index contributed by atoms with van der Waals surface area (Å²) in [5.74, 6) is 0. The van der Waals surface area contributed by atoms with Crippen molar-refractivity contribution in [2.75, 3.05) is 5.32 Å². The molecule has 0 atom stereocenters. The summed E-state index contributed by atoms with van der Waals surface area (Å²) in [5, 5.41) is 5.67. The quantitative estimate of drug-likeness (QED) is 0.679. The topological polar surface area (TPSA) is 40.7 Å². The number of rotatable bonds is 2. The van der Waals surface area contributed by atoms with Crippen LogP contribution >= 0.6 is 0 Å². The first-order valence-corrected chi connectivity index (χ1v) is 5.15. The lowest BCUT2D eigenvalue weighted by Gasteiger charge is -2.05. The highest BCUT2D eigenvalue weighted by molar-refractivity contribution is 5.85. The maximum Gasteiger partial charge on any atom is 0.0561 e. The lowest BCUT2D eigenvalue weighted by molar-refractivity contribution is 1.36. The number of H-pyrrole nitrogens is 1. The molecule has 0 amide bonds. The van der Waals surface area contributed by atoms with Gasteiger partial charge in [0.05, 0.1) is 5.69 Å². The van der Waals surface area contributed by atoms with Crippen LogP contribution in [0.5, 0.6) is 0 Å². The van der Waals surface area contributed by atoms with Crippen LogP contribution in [0.15, 0.2) is 55.1 Å². The number of fused-ring (bicyclic) bond motifs is 1. The summed E-state index contributed by atoms with van der Waals surface area (Å²) in [5.41, 5.74) is 2.15. The van der Waals surface area contributed by atoms with Gasteiger partial charge < -0.3 is 10.3 Å². The molecule has 0 fully saturated rings. The van der Waals surface area contributed by atoms with E-state index in [2.05, 4.69) is 33.5 Å². The van der Waals surface area contributed by atoms with E-state index in [0.717, 1.165) is 16.8 Å². The van der Waals surface area contributed by atoms with E-state index in [1.54, 1.807) is 0 Å². The number of benzene rings is 1. The summed E-state index contributed by atoms with van der Waals surface area (Å²) in [6.07, 6.45) is 7.50. The van der Waals surface area contributed by atoms with Crippen molar-refractivity contribution in [1.82, 2.24) is 9.97 Å². The number of nitrogens with zero attached hydrogens (tertiary/aromatic N) is 1. The molecule has 16 heavy (non-hydrogen) atoms. The third-order valence-electron chi connectivity index (χ3n) is 2.53. The van der Waals surface area contributed by atoms with Gasteiger partial charge in [0, 0.05) is 35.9 Å². The molecule has 0 aliphatic rings. The van der Waals surface area contributed by atoms with E-state index < -0.39 is 0 Å². The molecule has 0 aliphatic carbocycles. The Hall–Kier alpha value is -2.29. The molecule has 78 valence electrons. The van der Waals surface area contributed by atoms with Gasteiger partial charge in [-0.05, 0) is 29.7 Å². The van der Waals surface area contributed by atoms with E-state index in [-0.39, 0.29) is 0 Å². The summed E-state index contributed by atoms with van der Waals surface area (Å²) in [7, 11) is 0. The van der Waals surface area contributed by atoms with Gasteiger partial charge in [0.1, 0.15) is 0 Å². The molecule has 0 spiro atoms. The van der Waals surface area contributed by atoms with Crippen LogP contribution in [0, 0.1) is 0 Å². The monoisotopic (exact) mass is 209 g/mol. The normalized spacial score (nSPS) is 10.5. The van der Waals surface area contributed by atoms with Gasteiger partial charge in [-0.3, -0.25) is 4.98 Å². The summed E-state index contributed by atoms with van der Waals surface area (Å²) in [6.45, 7) is 0. The predicted octanol–water partition coefficient (Wildman–Crippen LogP) is 3.31. The summed E-state index contributed by atoms with van der Waals surface area (Å²) in [6, 6.07) is 10.2. The second-order valence-electron chi connectivity index (χ2n) is 3.66. The first kappa shape index (κ1) is 8.97. The first-order valence-electron chi connectivity index (χ1n) is 5.15. The van der Waals surface area contributed by atoms with Crippen LogP contribution in [-0.2, 0) is 0 Å². The molecule has 0 bridgehead atoms. The lowest BCUT2D eigenvalue weighted by Crippen LogP contribution is -1.87. The van der Waals surface area contributed by atoms with Crippen LogP contribution in [0.25, 0.3) is 10.8 Å². The largest absolute Gasteiger partial charge is 0.366 e. The average Bonchev–Trinajstić information content (AvgIpc) is 2.82. The zero-order valence-electron chi connectivity index (χ0n) is 8.64. The van der Waals surface area contributed by atoms with E-state index >= 15 is 0 Å². The van der Waals surface area contributed by atoms with Crippen molar-refractivity contribution in [3.63, 3.8) is 0 Å². The molecule has 1 aromatic carbocycles. The molecule has 0 unspecified atom stereocenters. The zero-order valence-corrected chi connectivity index (χ0v) is 8.64. The summed E-state index contributed by atoms with van der Waals surface area (Å²) in [4.78, 5) is 7.11. The molecule has 0 saturated carbocycles. The van der Waals surface area contributed by atoms with Crippen molar-refractivity contribution in [2.45, 2.75) is 0 Å². The molecular formula is C13H11N3. The van der Waals surface area contributed by atoms with E-state index in [0.29, 0.717) is 0 Å². The Balaban J connectivity index is 1.99. The number of aromatic nitrogens is 2. The molecule has 2 N–H and O–H groups in total. The minimum atomic E-state index is 1.06. The molecule has 3 heteroatoms. The van der Waals surface area contributed by atoms with E-state index in [4.69, 9.17) is 0 Å². The Morgan fingerprint density at radius 2 is 2.00 bits per heavy atom. The van der Waals surface area contributed by atoms with Gasteiger partial charge >= 0.3 is 0 Å². The van der Waals surface area contributed by atoms with Crippen molar-refractivity contribution in [3.8, 4) is 0 Å². The predicted molar refractivity (Wildman–Crippen MR) is 65.8 cm³/mol. The number of hydrogen-bond donors (Lipinski definition) is 2. The van der Waals surface area contributed by atoms with Crippen molar-refractivity contribution in [2.24, 2.45) is 0 Å². The highest BCUT2D eigenvalue weighted by Gasteiger charge is 1.97. The number of pyridine rings is 1.